The van der Waals surface area contributed by atoms with Crippen molar-refractivity contribution in [3.63, 3.8) is 0 Å². The first-order valence-corrected chi connectivity index (χ1v) is 27.1. The lowest BCUT2D eigenvalue weighted by Crippen LogP contribution is -2.58. The van der Waals surface area contributed by atoms with E-state index < -0.39 is 55.4 Å². The summed E-state index contributed by atoms with van der Waals surface area (Å²) in [5.74, 6) is -0.232. The Hall–Kier alpha value is -1.33. The van der Waals surface area contributed by atoms with Crippen LogP contribution in [0.2, 0.25) is 0 Å². The molecular formula is C54H103NO8. The van der Waals surface area contributed by atoms with Crippen molar-refractivity contribution in [1.82, 2.24) is 5.32 Å². The Morgan fingerprint density at radius 1 is 0.524 bits per heavy atom. The predicted molar refractivity (Wildman–Crippen MR) is 263 cm³/mol. The second-order valence-electron chi connectivity index (χ2n) is 19.2. The number of allylic oxidation sites excluding steroid dienone is 2. The van der Waals surface area contributed by atoms with Crippen molar-refractivity contribution in [3.05, 3.63) is 24.3 Å². The first kappa shape index (κ1) is 59.7. The minimum atomic E-state index is -1.53. The molecule has 0 saturated carbocycles. The molecule has 63 heavy (non-hydrogen) atoms. The molecule has 0 aliphatic carbocycles. The lowest BCUT2D eigenvalue weighted by atomic mass is 9.93. The van der Waals surface area contributed by atoms with E-state index in [1.807, 2.05) is 0 Å². The molecule has 1 saturated heterocycles. The maximum Gasteiger partial charge on any atom is 0.220 e. The van der Waals surface area contributed by atoms with Gasteiger partial charge in [0, 0.05) is 6.42 Å². The first-order valence-electron chi connectivity index (χ1n) is 27.1. The van der Waals surface area contributed by atoms with Crippen LogP contribution >= 0.6 is 0 Å². The van der Waals surface area contributed by atoms with Crippen molar-refractivity contribution in [2.75, 3.05) is 6.61 Å². The van der Waals surface area contributed by atoms with Crippen molar-refractivity contribution in [2.45, 2.75) is 307 Å². The van der Waals surface area contributed by atoms with Crippen LogP contribution in [0, 0.1) is 0 Å². The van der Waals surface area contributed by atoms with E-state index in [2.05, 4.69) is 31.3 Å². The molecule has 1 rings (SSSR count). The second kappa shape index (κ2) is 43.3. The van der Waals surface area contributed by atoms with E-state index >= 15 is 0 Å². The average Bonchev–Trinajstić information content (AvgIpc) is 3.28. The highest BCUT2D eigenvalue weighted by Gasteiger charge is 2.42. The number of unbranched alkanes of at least 4 members (excludes halogenated alkanes) is 33. The molecular weight excluding hydrogens is 791 g/mol. The van der Waals surface area contributed by atoms with Crippen LogP contribution in [0.25, 0.3) is 0 Å². The highest BCUT2D eigenvalue weighted by molar-refractivity contribution is 5.76. The third-order valence-corrected chi connectivity index (χ3v) is 13.3. The number of hydrogen-bond donors (Lipinski definition) is 7. The number of carbonyl (C=O) groups is 1. The maximum absolute atomic E-state index is 13.1. The van der Waals surface area contributed by atoms with Gasteiger partial charge in [0.2, 0.25) is 5.91 Å². The first-order chi connectivity index (χ1) is 30.8. The fourth-order valence-electron chi connectivity index (χ4n) is 8.93. The lowest BCUT2D eigenvalue weighted by Gasteiger charge is -2.39. The Morgan fingerprint density at radius 3 is 1.32 bits per heavy atom. The van der Waals surface area contributed by atoms with E-state index in [0.717, 1.165) is 51.4 Å². The molecule has 0 radical (unpaired) electrons. The summed E-state index contributed by atoms with van der Waals surface area (Å²) in [4.78, 5) is 13.1. The monoisotopic (exact) mass is 894 g/mol. The molecule has 2 unspecified atom stereocenters. The van der Waals surface area contributed by atoms with Gasteiger partial charge in [-0.15, -0.1) is 0 Å². The van der Waals surface area contributed by atoms with Crippen molar-refractivity contribution < 1.29 is 40.2 Å². The fraction of sp³-hybridized carbons (Fsp3) is 0.907. The molecule has 1 heterocycles. The number of ether oxygens (including phenoxy) is 1. The van der Waals surface area contributed by atoms with Gasteiger partial charge in [-0.1, -0.05) is 237 Å². The van der Waals surface area contributed by atoms with E-state index in [1.54, 1.807) is 0 Å². The summed E-state index contributed by atoms with van der Waals surface area (Å²) in [5, 5.41) is 65.6. The summed E-state index contributed by atoms with van der Waals surface area (Å²) in [7, 11) is 0. The third-order valence-electron chi connectivity index (χ3n) is 13.3. The van der Waals surface area contributed by atoms with Gasteiger partial charge in [-0.3, -0.25) is 4.79 Å². The number of nitrogens with one attached hydrogen (secondary N) is 1. The van der Waals surface area contributed by atoms with E-state index in [4.69, 9.17) is 4.74 Å². The summed E-state index contributed by atoms with van der Waals surface area (Å²) in [6, 6.07) is -0.950. The Labute approximate surface area is 387 Å². The second-order valence-corrected chi connectivity index (χ2v) is 19.2. The fourth-order valence-corrected chi connectivity index (χ4v) is 8.93. The molecule has 372 valence electrons. The average molecular weight is 894 g/mol. The van der Waals surface area contributed by atoms with Crippen LogP contribution in [0.5, 0.6) is 0 Å². The van der Waals surface area contributed by atoms with E-state index in [1.165, 1.54) is 192 Å². The largest absolute Gasteiger partial charge is 0.394 e. The highest BCUT2D eigenvalue weighted by atomic mass is 16.5. The van der Waals surface area contributed by atoms with Gasteiger partial charge in [-0.25, -0.2) is 0 Å². The number of amides is 1. The van der Waals surface area contributed by atoms with Gasteiger partial charge in [0.1, 0.15) is 36.6 Å². The van der Waals surface area contributed by atoms with Crippen LogP contribution in [0.4, 0.5) is 0 Å². The van der Waals surface area contributed by atoms with Gasteiger partial charge in [-0.05, 0) is 38.5 Å². The van der Waals surface area contributed by atoms with Crippen LogP contribution in [-0.4, -0.2) is 91.9 Å². The van der Waals surface area contributed by atoms with Gasteiger partial charge in [-0.2, -0.15) is 0 Å². The Morgan fingerprint density at radius 2 is 0.905 bits per heavy atom. The van der Waals surface area contributed by atoms with Crippen molar-refractivity contribution in [3.8, 4) is 0 Å². The van der Waals surface area contributed by atoms with E-state index in [0.29, 0.717) is 12.8 Å². The van der Waals surface area contributed by atoms with Crippen LogP contribution in [0.1, 0.15) is 258 Å². The zero-order chi connectivity index (χ0) is 46.0. The zero-order valence-electron chi connectivity index (χ0n) is 41.0. The van der Waals surface area contributed by atoms with Gasteiger partial charge in [0.15, 0.2) is 0 Å². The molecule has 0 aromatic carbocycles. The lowest BCUT2D eigenvalue weighted by molar-refractivity contribution is -0.216. The number of aliphatic hydroxyl groups is 6. The molecule has 7 N–H and O–H groups in total. The summed E-state index contributed by atoms with van der Waals surface area (Å²) in [5.41, 5.74) is 0. The normalized spacial score (nSPS) is 20.8. The predicted octanol–water partition coefficient (Wildman–Crippen LogP) is 12.0. The molecule has 0 spiro atoms. The van der Waals surface area contributed by atoms with Crippen LogP contribution in [0.3, 0.4) is 0 Å². The van der Waals surface area contributed by atoms with Crippen molar-refractivity contribution in [1.29, 1.82) is 0 Å². The van der Waals surface area contributed by atoms with E-state index in [-0.39, 0.29) is 5.91 Å². The standard InChI is InChI=1S/C54H103NO8/c1-3-5-7-9-11-13-15-17-18-19-20-21-22-23-24-25-26-27-28-29-30-32-34-36-38-40-42-50(58)55-46(43-44-48-52(60)54(62)53(61)49(45-56)63-48)51(59)47(57)41-39-37-35-33-31-16-14-12-10-8-6-4-2/h27-28,43-44,46-49,51-54,56-57,59-62H,3-26,29-42,45H2,1-2H3,(H,55,58)/t46-,47-,48+,49?,51-,52?,53-,54+/m0/s1. The number of carbonyl (C=O) groups excluding carboxylic acids is 1. The number of aliphatic hydroxyl groups excluding tert-OH is 6. The van der Waals surface area contributed by atoms with Crippen LogP contribution in [0.15, 0.2) is 24.3 Å². The van der Waals surface area contributed by atoms with Gasteiger partial charge in [0.05, 0.1) is 18.8 Å². The molecule has 9 nitrogen and oxygen atoms in total. The smallest absolute Gasteiger partial charge is 0.220 e. The summed E-state index contributed by atoms with van der Waals surface area (Å²) >= 11 is 0. The van der Waals surface area contributed by atoms with Crippen LogP contribution in [-0.2, 0) is 9.53 Å². The quantitative estimate of drug-likeness (QED) is 0.0235. The highest BCUT2D eigenvalue weighted by Crippen LogP contribution is 2.23. The molecule has 1 aliphatic rings. The molecule has 1 aliphatic heterocycles. The molecule has 0 aromatic rings. The molecule has 0 aromatic heterocycles. The molecule has 0 bridgehead atoms. The third kappa shape index (κ3) is 32.9. The zero-order valence-corrected chi connectivity index (χ0v) is 41.0. The summed E-state index contributed by atoms with van der Waals surface area (Å²) < 4.78 is 5.60. The number of rotatable bonds is 45. The molecule has 1 fully saturated rings. The Bertz CT molecular complexity index is 1050. The van der Waals surface area contributed by atoms with E-state index in [9.17, 15) is 35.4 Å². The van der Waals surface area contributed by atoms with Gasteiger partial charge < -0.3 is 40.7 Å². The minimum Gasteiger partial charge on any atom is -0.394 e. The van der Waals surface area contributed by atoms with Gasteiger partial charge >= 0.3 is 0 Å². The molecule has 1 amide bonds. The summed E-state index contributed by atoms with van der Waals surface area (Å²) in [6.45, 7) is 3.98. The molecule has 8 atom stereocenters. The van der Waals surface area contributed by atoms with Crippen molar-refractivity contribution >= 4 is 5.91 Å². The van der Waals surface area contributed by atoms with Crippen LogP contribution < -0.4 is 5.32 Å². The SMILES string of the molecule is CCCCCCCCCCCCCCCCCCC=CCCCCCCCCC(=O)N[C@@H](C=C[C@H]1OC(CO)[C@H](O)[C@H](O)C1O)[C@H](O)[C@@H](O)CCCCCCCCCCCCCC. The minimum absolute atomic E-state index is 0.232. The van der Waals surface area contributed by atoms with Gasteiger partial charge in [0.25, 0.3) is 0 Å². The maximum atomic E-state index is 13.1. The summed E-state index contributed by atoms with van der Waals surface area (Å²) in [6.07, 6.45) is 44.8. The molecule has 9 heteroatoms. The Kier molecular flexibility index (Phi) is 41.0. The topological polar surface area (TPSA) is 160 Å². The number of hydrogen-bond acceptors (Lipinski definition) is 8. The van der Waals surface area contributed by atoms with Crippen molar-refractivity contribution in [2.24, 2.45) is 0 Å². The Balaban J connectivity index is 2.27.